The van der Waals surface area contributed by atoms with Crippen molar-refractivity contribution in [3.63, 3.8) is 0 Å². The molecule has 0 radical (unpaired) electrons. The molecule has 3 aromatic carbocycles. The van der Waals surface area contributed by atoms with Crippen LogP contribution in [-0.4, -0.2) is 10.4 Å². The number of aromatic nitrogens is 1. The highest BCUT2D eigenvalue weighted by Crippen LogP contribution is 2.47. The first-order chi connectivity index (χ1) is 17.0. The van der Waals surface area contributed by atoms with Crippen LogP contribution < -0.4 is 10.6 Å². The van der Waals surface area contributed by atoms with E-state index < -0.39 is 5.92 Å². The Morgan fingerprint density at radius 1 is 1.00 bits per heavy atom. The number of hydrogen-bond acceptors (Lipinski definition) is 4. The van der Waals surface area contributed by atoms with Crippen LogP contribution in [0.1, 0.15) is 30.7 Å². The minimum Gasteiger partial charge on any atom is -0.384 e. The van der Waals surface area contributed by atoms with Crippen molar-refractivity contribution in [2.24, 2.45) is 12.8 Å². The number of nitrogens with two attached hydrogens (primary N) is 1. The minimum absolute atomic E-state index is 0.0913. The van der Waals surface area contributed by atoms with Gasteiger partial charge >= 0.3 is 0 Å². The first-order valence-corrected chi connectivity index (χ1v) is 12.5. The zero-order valence-electron chi connectivity index (χ0n) is 19.3. The molecular weight excluding hydrogens is 500 g/mol. The summed E-state index contributed by atoms with van der Waals surface area (Å²) in [4.78, 5) is 15.3. The van der Waals surface area contributed by atoms with Crippen LogP contribution in [0.5, 0.6) is 0 Å². The summed E-state index contributed by atoms with van der Waals surface area (Å²) in [6, 6.07) is 24.7. The Morgan fingerprint density at radius 3 is 2.60 bits per heavy atom. The van der Waals surface area contributed by atoms with Gasteiger partial charge in [-0.1, -0.05) is 52.3 Å². The highest BCUT2D eigenvalue weighted by Gasteiger charge is 2.40. The molecule has 0 saturated heterocycles. The van der Waals surface area contributed by atoms with Gasteiger partial charge in [-0.15, -0.1) is 0 Å². The molecule has 2 heterocycles. The van der Waals surface area contributed by atoms with Crippen molar-refractivity contribution in [1.29, 1.82) is 5.26 Å². The number of carbonyl (C=O) groups is 1. The number of para-hydroxylation sites is 1. The maximum absolute atomic E-state index is 13.4. The van der Waals surface area contributed by atoms with Crippen LogP contribution in [0.2, 0.25) is 0 Å². The Balaban J connectivity index is 1.60. The Bertz CT molecular complexity index is 1650. The van der Waals surface area contributed by atoms with Gasteiger partial charge in [-0.05, 0) is 48.7 Å². The second-order valence-corrected chi connectivity index (χ2v) is 10.1. The molecule has 1 aliphatic heterocycles. The number of anilines is 1. The van der Waals surface area contributed by atoms with Gasteiger partial charge in [0, 0.05) is 56.7 Å². The predicted octanol–water partition coefficient (Wildman–Crippen LogP) is 6.40. The average molecular weight is 523 g/mol. The Kier molecular flexibility index (Phi) is 5.05. The summed E-state index contributed by atoms with van der Waals surface area (Å²) in [5.41, 5.74) is 12.7. The van der Waals surface area contributed by atoms with Gasteiger partial charge < -0.3 is 10.3 Å². The van der Waals surface area contributed by atoms with Gasteiger partial charge in [-0.25, -0.2) is 0 Å². The van der Waals surface area contributed by atoms with E-state index in [2.05, 4.69) is 57.9 Å². The van der Waals surface area contributed by atoms with E-state index in [9.17, 15) is 10.1 Å². The molecule has 0 fully saturated rings. The summed E-state index contributed by atoms with van der Waals surface area (Å²) < 4.78 is 3.08. The number of benzene rings is 3. The van der Waals surface area contributed by atoms with Gasteiger partial charge in [-0.2, -0.15) is 5.26 Å². The van der Waals surface area contributed by atoms with Crippen molar-refractivity contribution in [1.82, 2.24) is 4.57 Å². The summed E-state index contributed by atoms with van der Waals surface area (Å²) >= 11 is 3.54. The van der Waals surface area contributed by atoms with Gasteiger partial charge in [0.1, 0.15) is 5.82 Å². The van der Waals surface area contributed by atoms with Crippen LogP contribution in [0.3, 0.4) is 0 Å². The number of allylic oxidation sites excluding steroid dienone is 3. The molecule has 6 heteroatoms. The minimum atomic E-state index is -0.478. The quantitative estimate of drug-likeness (QED) is 0.330. The van der Waals surface area contributed by atoms with Gasteiger partial charge in [0.05, 0.1) is 17.6 Å². The molecule has 172 valence electrons. The summed E-state index contributed by atoms with van der Waals surface area (Å²) in [6.45, 7) is 0. The summed E-state index contributed by atoms with van der Waals surface area (Å²) in [7, 11) is 2.05. The summed E-state index contributed by atoms with van der Waals surface area (Å²) in [6.07, 6.45) is 1.99. The molecule has 1 aromatic heterocycles. The van der Waals surface area contributed by atoms with E-state index >= 15 is 0 Å². The van der Waals surface area contributed by atoms with Crippen molar-refractivity contribution in [2.75, 3.05) is 4.90 Å². The SMILES string of the molecule is Cn1c2ccccc2c2ccc(C3C(C#N)=C(N)N(c4cccc(Br)c4)C4=C3C(=O)CCC4)cc21. The van der Waals surface area contributed by atoms with Gasteiger partial charge in [-0.3, -0.25) is 9.69 Å². The third-order valence-electron chi connectivity index (χ3n) is 7.25. The van der Waals surface area contributed by atoms with Gasteiger partial charge in [0.25, 0.3) is 0 Å². The first kappa shape index (κ1) is 21.7. The summed E-state index contributed by atoms with van der Waals surface area (Å²) in [5, 5.41) is 12.6. The number of carbonyl (C=O) groups excluding carboxylic acids is 1. The standard InChI is InChI=1S/C29H23BrN4O/c1-33-23-9-3-2-8-20(23)21-13-12-17(14-25(21)33)27-22(16-31)29(32)34(19-7-4-6-18(30)15-19)24-10-5-11-26(35)28(24)27/h2-4,6-9,12-15,27H,5,10-11,32H2,1H3. The Labute approximate surface area is 211 Å². The number of fused-ring (bicyclic) bond motifs is 3. The van der Waals surface area contributed by atoms with Crippen molar-refractivity contribution < 1.29 is 4.79 Å². The van der Waals surface area contributed by atoms with Gasteiger partial charge in [0.15, 0.2) is 5.78 Å². The second-order valence-electron chi connectivity index (χ2n) is 9.15. The maximum Gasteiger partial charge on any atom is 0.161 e. The van der Waals surface area contributed by atoms with Crippen LogP contribution in [-0.2, 0) is 11.8 Å². The molecule has 6 rings (SSSR count). The van der Waals surface area contributed by atoms with E-state index in [4.69, 9.17) is 5.73 Å². The number of halogens is 1. The van der Waals surface area contributed by atoms with Crippen LogP contribution in [0.15, 0.2) is 93.9 Å². The number of ketones is 1. The lowest BCUT2D eigenvalue weighted by Gasteiger charge is -2.39. The monoisotopic (exact) mass is 522 g/mol. The molecular formula is C29H23BrN4O. The highest BCUT2D eigenvalue weighted by molar-refractivity contribution is 9.10. The molecule has 2 aliphatic rings. The summed E-state index contributed by atoms with van der Waals surface area (Å²) in [5.74, 6) is 0.00319. The van der Waals surface area contributed by atoms with Crippen LogP contribution in [0.25, 0.3) is 21.8 Å². The number of nitriles is 1. The molecule has 35 heavy (non-hydrogen) atoms. The molecule has 0 spiro atoms. The third-order valence-corrected chi connectivity index (χ3v) is 7.75. The largest absolute Gasteiger partial charge is 0.384 e. The molecule has 1 aliphatic carbocycles. The molecule has 0 saturated carbocycles. The fourth-order valence-electron chi connectivity index (χ4n) is 5.69. The smallest absolute Gasteiger partial charge is 0.161 e. The maximum atomic E-state index is 13.4. The van der Waals surface area contributed by atoms with Crippen molar-refractivity contribution in [2.45, 2.75) is 25.2 Å². The Morgan fingerprint density at radius 2 is 1.80 bits per heavy atom. The molecule has 1 atom stereocenters. The fraction of sp³-hybridized carbons (Fsp3) is 0.172. The van der Waals surface area contributed by atoms with E-state index in [-0.39, 0.29) is 5.78 Å². The number of rotatable bonds is 2. The predicted molar refractivity (Wildman–Crippen MR) is 142 cm³/mol. The number of Topliss-reactive ketones (excluding diaryl/α,β-unsaturated/α-hetero) is 1. The highest BCUT2D eigenvalue weighted by atomic mass is 79.9. The van der Waals surface area contributed by atoms with E-state index in [1.807, 2.05) is 47.4 Å². The normalized spacial score (nSPS) is 18.4. The van der Waals surface area contributed by atoms with Crippen molar-refractivity contribution in [3.8, 4) is 6.07 Å². The van der Waals surface area contributed by atoms with Crippen molar-refractivity contribution in [3.05, 3.63) is 99.4 Å². The first-order valence-electron chi connectivity index (χ1n) is 11.7. The molecule has 0 amide bonds. The fourth-order valence-corrected chi connectivity index (χ4v) is 6.07. The van der Waals surface area contributed by atoms with Crippen LogP contribution in [0.4, 0.5) is 5.69 Å². The van der Waals surface area contributed by atoms with Crippen LogP contribution >= 0.6 is 15.9 Å². The molecule has 1 unspecified atom stereocenters. The second kappa shape index (κ2) is 8.14. The lowest BCUT2D eigenvalue weighted by Crippen LogP contribution is -2.38. The average Bonchev–Trinajstić information content (AvgIpc) is 3.15. The Hall–Kier alpha value is -3.82. The number of nitrogens with zero attached hydrogens (tertiary/aromatic N) is 3. The number of aryl methyl sites for hydroxylation is 1. The van der Waals surface area contributed by atoms with Crippen LogP contribution in [0, 0.1) is 11.3 Å². The lowest BCUT2D eigenvalue weighted by molar-refractivity contribution is -0.116. The van der Waals surface area contributed by atoms with Gasteiger partial charge in [0.2, 0.25) is 0 Å². The molecule has 4 aromatic rings. The zero-order valence-corrected chi connectivity index (χ0v) is 20.8. The van der Waals surface area contributed by atoms with Crippen molar-refractivity contribution >= 4 is 49.2 Å². The lowest BCUT2D eigenvalue weighted by atomic mass is 9.75. The molecule has 2 N–H and O–H groups in total. The molecule has 0 bridgehead atoms. The third kappa shape index (κ3) is 3.23. The topological polar surface area (TPSA) is 75.0 Å². The van der Waals surface area contributed by atoms with E-state index in [0.717, 1.165) is 50.7 Å². The zero-order chi connectivity index (χ0) is 24.3. The number of hydrogen-bond donors (Lipinski definition) is 1. The van der Waals surface area contributed by atoms with E-state index in [1.54, 1.807) is 0 Å². The van der Waals surface area contributed by atoms with E-state index in [1.165, 1.54) is 5.39 Å². The molecule has 5 nitrogen and oxygen atoms in total. The van der Waals surface area contributed by atoms with E-state index in [0.29, 0.717) is 23.4 Å².